The van der Waals surface area contributed by atoms with Crippen LogP contribution < -0.4 is 5.32 Å². The minimum Gasteiger partial charge on any atom is -0.305 e. The fourth-order valence-electron chi connectivity index (χ4n) is 1.95. The van der Waals surface area contributed by atoms with Crippen molar-refractivity contribution in [1.29, 1.82) is 0 Å². The highest BCUT2D eigenvalue weighted by Crippen LogP contribution is 2.24. The molecule has 1 aromatic heterocycles. The lowest BCUT2D eigenvalue weighted by Crippen LogP contribution is -2.23. The predicted molar refractivity (Wildman–Crippen MR) is 71.3 cm³/mol. The average molecular weight is 247 g/mol. The van der Waals surface area contributed by atoms with Crippen LogP contribution in [0, 0.1) is 13.8 Å². The van der Waals surface area contributed by atoms with Gasteiger partial charge in [-0.15, -0.1) is 0 Å². The van der Waals surface area contributed by atoms with Gasteiger partial charge in [-0.2, -0.15) is 8.75 Å². The molecule has 1 heterocycles. The summed E-state index contributed by atoms with van der Waals surface area (Å²) in [5, 5.41) is 3.47. The molecule has 17 heavy (non-hydrogen) atoms. The number of nitrogens with zero attached hydrogens (tertiary/aromatic N) is 2. The van der Waals surface area contributed by atoms with E-state index in [1.54, 1.807) is 0 Å². The lowest BCUT2D eigenvalue weighted by Gasteiger charge is -2.18. The number of aryl methyl sites for hydroxylation is 2. The molecule has 0 radical (unpaired) electrons. The molecule has 3 nitrogen and oxygen atoms in total. The second kappa shape index (κ2) is 5.38. The van der Waals surface area contributed by atoms with E-state index in [9.17, 15) is 0 Å². The van der Waals surface area contributed by atoms with Gasteiger partial charge < -0.3 is 5.32 Å². The Bertz CT molecular complexity index is 479. The molecule has 0 aliphatic heterocycles. The van der Waals surface area contributed by atoms with Gasteiger partial charge in [0.15, 0.2) is 0 Å². The zero-order chi connectivity index (χ0) is 12.3. The first-order valence-electron chi connectivity index (χ1n) is 5.80. The van der Waals surface area contributed by atoms with E-state index < -0.39 is 0 Å². The quantitative estimate of drug-likeness (QED) is 0.902. The van der Waals surface area contributed by atoms with E-state index in [1.165, 1.54) is 28.4 Å². The lowest BCUT2D eigenvalue weighted by molar-refractivity contribution is 0.617. The molecule has 0 aliphatic carbocycles. The lowest BCUT2D eigenvalue weighted by atomic mass is 9.97. The third kappa shape index (κ3) is 2.70. The van der Waals surface area contributed by atoms with Crippen molar-refractivity contribution in [1.82, 2.24) is 14.1 Å². The van der Waals surface area contributed by atoms with Gasteiger partial charge in [-0.1, -0.05) is 30.7 Å². The van der Waals surface area contributed by atoms with Crippen molar-refractivity contribution in [3.63, 3.8) is 0 Å². The summed E-state index contributed by atoms with van der Waals surface area (Å²) in [7, 11) is 0. The van der Waals surface area contributed by atoms with Gasteiger partial charge in [0.05, 0.1) is 29.7 Å². The van der Waals surface area contributed by atoms with Gasteiger partial charge in [-0.05, 0) is 31.5 Å². The van der Waals surface area contributed by atoms with Crippen molar-refractivity contribution in [3.8, 4) is 0 Å². The van der Waals surface area contributed by atoms with Gasteiger partial charge in [0, 0.05) is 0 Å². The van der Waals surface area contributed by atoms with Crippen LogP contribution in [0.25, 0.3) is 0 Å². The second-order valence-electron chi connectivity index (χ2n) is 4.18. The van der Waals surface area contributed by atoms with Crippen molar-refractivity contribution >= 4 is 11.7 Å². The summed E-state index contributed by atoms with van der Waals surface area (Å²) in [6.45, 7) is 7.28. The molecule has 90 valence electrons. The Morgan fingerprint density at radius 1 is 1.35 bits per heavy atom. The Morgan fingerprint density at radius 3 is 2.82 bits per heavy atom. The Kier molecular flexibility index (Phi) is 3.86. The smallest absolute Gasteiger partial charge is 0.0957 e. The average Bonchev–Trinajstić information content (AvgIpc) is 2.83. The molecular formula is C13H17N3S. The third-order valence-electron chi connectivity index (χ3n) is 2.83. The number of hydrogen-bond acceptors (Lipinski definition) is 4. The first-order valence-corrected chi connectivity index (χ1v) is 6.53. The second-order valence-corrected chi connectivity index (χ2v) is 4.74. The minimum atomic E-state index is 0.152. The number of nitrogens with one attached hydrogen (secondary N) is 1. The number of benzene rings is 1. The number of rotatable bonds is 4. The Labute approximate surface area is 106 Å². The van der Waals surface area contributed by atoms with Gasteiger partial charge in [-0.25, -0.2) is 0 Å². The number of aromatic nitrogens is 2. The van der Waals surface area contributed by atoms with Gasteiger partial charge in [-0.3, -0.25) is 0 Å². The molecule has 0 bridgehead atoms. The van der Waals surface area contributed by atoms with Crippen molar-refractivity contribution in [2.24, 2.45) is 0 Å². The van der Waals surface area contributed by atoms with E-state index in [2.05, 4.69) is 53.0 Å². The van der Waals surface area contributed by atoms with Gasteiger partial charge in [0.1, 0.15) is 0 Å². The van der Waals surface area contributed by atoms with Crippen LogP contribution in [0.3, 0.4) is 0 Å². The standard InChI is InChI=1S/C13H17N3S/c1-4-14-13(12-8-15-17-16-12)11-7-9(2)5-6-10(11)3/h5-8,13-14H,4H2,1-3H3. The van der Waals surface area contributed by atoms with E-state index in [4.69, 9.17) is 0 Å². The summed E-state index contributed by atoms with van der Waals surface area (Å²) >= 11 is 1.26. The first-order chi connectivity index (χ1) is 8.22. The van der Waals surface area contributed by atoms with Crippen LogP contribution in [-0.4, -0.2) is 15.3 Å². The van der Waals surface area contributed by atoms with E-state index in [0.29, 0.717) is 0 Å². The number of hydrogen-bond donors (Lipinski definition) is 1. The summed E-state index contributed by atoms with van der Waals surface area (Å²) in [6.07, 6.45) is 1.85. The van der Waals surface area contributed by atoms with Crippen molar-refractivity contribution in [2.45, 2.75) is 26.8 Å². The maximum absolute atomic E-state index is 4.35. The highest BCUT2D eigenvalue weighted by Gasteiger charge is 2.17. The Hall–Kier alpha value is -1.26. The predicted octanol–water partition coefficient (Wildman–Crippen LogP) is 2.85. The van der Waals surface area contributed by atoms with Crippen LogP contribution in [0.2, 0.25) is 0 Å². The van der Waals surface area contributed by atoms with Crippen LogP contribution in [0.4, 0.5) is 0 Å². The summed E-state index contributed by atoms with van der Waals surface area (Å²) in [5.74, 6) is 0. The largest absolute Gasteiger partial charge is 0.305 e. The SMILES string of the molecule is CCNC(c1cnsn1)c1cc(C)ccc1C. The van der Waals surface area contributed by atoms with E-state index in [1.807, 2.05) is 6.20 Å². The normalized spacial score (nSPS) is 12.6. The van der Waals surface area contributed by atoms with Crippen LogP contribution in [0.1, 0.15) is 35.3 Å². The Morgan fingerprint density at radius 2 is 2.18 bits per heavy atom. The molecule has 0 saturated heterocycles. The van der Waals surface area contributed by atoms with Crippen molar-refractivity contribution in [2.75, 3.05) is 6.54 Å². The van der Waals surface area contributed by atoms with Gasteiger partial charge >= 0.3 is 0 Å². The van der Waals surface area contributed by atoms with Gasteiger partial charge in [0.25, 0.3) is 0 Å². The summed E-state index contributed by atoms with van der Waals surface area (Å²) in [4.78, 5) is 0. The maximum atomic E-state index is 4.35. The molecular weight excluding hydrogens is 230 g/mol. The summed E-state index contributed by atoms with van der Waals surface area (Å²) in [5.41, 5.74) is 4.86. The van der Waals surface area contributed by atoms with E-state index >= 15 is 0 Å². The van der Waals surface area contributed by atoms with Crippen LogP contribution in [-0.2, 0) is 0 Å². The van der Waals surface area contributed by atoms with Crippen LogP contribution in [0.5, 0.6) is 0 Å². The molecule has 0 saturated carbocycles. The summed E-state index contributed by atoms with van der Waals surface area (Å²) in [6, 6.07) is 6.68. The maximum Gasteiger partial charge on any atom is 0.0957 e. The monoisotopic (exact) mass is 247 g/mol. The highest BCUT2D eigenvalue weighted by atomic mass is 32.1. The minimum absolute atomic E-state index is 0.152. The first kappa shape index (κ1) is 12.2. The van der Waals surface area contributed by atoms with E-state index in [0.717, 1.165) is 12.2 Å². The van der Waals surface area contributed by atoms with Gasteiger partial charge in [0.2, 0.25) is 0 Å². The fourth-order valence-corrected chi connectivity index (χ4v) is 2.40. The molecule has 2 rings (SSSR count). The molecule has 0 spiro atoms. The molecule has 0 aliphatic rings. The Balaban J connectivity index is 2.42. The molecule has 4 heteroatoms. The molecule has 1 aromatic carbocycles. The fraction of sp³-hybridized carbons (Fsp3) is 0.385. The molecule has 0 amide bonds. The molecule has 1 unspecified atom stereocenters. The van der Waals surface area contributed by atoms with Crippen molar-refractivity contribution < 1.29 is 0 Å². The molecule has 1 atom stereocenters. The van der Waals surface area contributed by atoms with Crippen LogP contribution >= 0.6 is 11.7 Å². The molecule has 0 fully saturated rings. The van der Waals surface area contributed by atoms with Crippen LogP contribution in [0.15, 0.2) is 24.4 Å². The zero-order valence-corrected chi connectivity index (χ0v) is 11.2. The molecule has 1 N–H and O–H groups in total. The zero-order valence-electron chi connectivity index (χ0n) is 10.4. The van der Waals surface area contributed by atoms with Crippen molar-refractivity contribution in [3.05, 3.63) is 46.8 Å². The summed E-state index contributed by atoms with van der Waals surface area (Å²) < 4.78 is 8.44. The van der Waals surface area contributed by atoms with E-state index in [-0.39, 0.29) is 6.04 Å². The highest BCUT2D eigenvalue weighted by molar-refractivity contribution is 6.99. The topological polar surface area (TPSA) is 37.8 Å². The third-order valence-corrected chi connectivity index (χ3v) is 3.32. The molecule has 2 aromatic rings.